The molecule has 0 spiro atoms. The van der Waals surface area contributed by atoms with Gasteiger partial charge >= 0.3 is 0 Å². The first-order valence-electron chi connectivity index (χ1n) is 8.56. The predicted molar refractivity (Wildman–Crippen MR) is 96.0 cm³/mol. The van der Waals surface area contributed by atoms with E-state index in [1.807, 2.05) is 6.07 Å². The maximum Gasteiger partial charge on any atom is 0.119 e. The molecule has 2 aromatic carbocycles. The van der Waals surface area contributed by atoms with Crippen molar-refractivity contribution in [1.29, 1.82) is 0 Å². The van der Waals surface area contributed by atoms with Gasteiger partial charge in [-0.15, -0.1) is 0 Å². The van der Waals surface area contributed by atoms with Crippen molar-refractivity contribution in [2.45, 2.75) is 25.0 Å². The maximum absolute atomic E-state index is 5.82. The van der Waals surface area contributed by atoms with Gasteiger partial charge in [0.25, 0.3) is 0 Å². The minimum atomic E-state index is 0.346. The standard InChI is InChI=1S/C21H23NO2/c1-23-21-9-5-8-17(12-21)18-10-19-14-24-15-20(11-18)22(19)13-16-6-3-2-4-7-16/h2-10,12,19-20H,11,13-15H2,1H3. The monoisotopic (exact) mass is 321 g/mol. The Hall–Kier alpha value is -2.10. The zero-order valence-corrected chi connectivity index (χ0v) is 14.0. The van der Waals surface area contributed by atoms with Crippen molar-refractivity contribution in [3.63, 3.8) is 0 Å². The normalized spacial score (nSPS) is 23.6. The van der Waals surface area contributed by atoms with E-state index in [1.165, 1.54) is 16.7 Å². The molecule has 0 N–H and O–H groups in total. The number of hydrogen-bond acceptors (Lipinski definition) is 3. The van der Waals surface area contributed by atoms with Crippen molar-refractivity contribution in [3.05, 3.63) is 71.8 Å². The van der Waals surface area contributed by atoms with E-state index in [-0.39, 0.29) is 0 Å². The molecule has 1 fully saturated rings. The molecule has 2 aliphatic heterocycles. The molecule has 2 aromatic rings. The lowest BCUT2D eigenvalue weighted by Crippen LogP contribution is -2.53. The van der Waals surface area contributed by atoms with Gasteiger partial charge in [0.2, 0.25) is 0 Å². The quantitative estimate of drug-likeness (QED) is 0.856. The molecule has 0 saturated carbocycles. The third-order valence-corrected chi connectivity index (χ3v) is 4.99. The van der Waals surface area contributed by atoms with Crippen LogP contribution in [0.5, 0.6) is 5.75 Å². The smallest absolute Gasteiger partial charge is 0.119 e. The number of ether oxygens (including phenoxy) is 2. The number of hydrogen-bond donors (Lipinski definition) is 0. The zero-order chi connectivity index (χ0) is 16.4. The third kappa shape index (κ3) is 3.10. The van der Waals surface area contributed by atoms with Crippen LogP contribution in [-0.4, -0.2) is 37.3 Å². The Morgan fingerprint density at radius 1 is 1.08 bits per heavy atom. The van der Waals surface area contributed by atoms with Crippen LogP contribution >= 0.6 is 0 Å². The molecule has 3 nitrogen and oxygen atoms in total. The van der Waals surface area contributed by atoms with Crippen LogP contribution in [0, 0.1) is 0 Å². The van der Waals surface area contributed by atoms with E-state index >= 15 is 0 Å². The van der Waals surface area contributed by atoms with Crippen molar-refractivity contribution in [3.8, 4) is 5.75 Å². The highest BCUT2D eigenvalue weighted by Crippen LogP contribution is 2.34. The highest BCUT2D eigenvalue weighted by Gasteiger charge is 2.34. The zero-order valence-electron chi connectivity index (χ0n) is 14.0. The lowest BCUT2D eigenvalue weighted by Gasteiger charge is -2.44. The highest BCUT2D eigenvalue weighted by molar-refractivity contribution is 5.68. The van der Waals surface area contributed by atoms with Crippen molar-refractivity contribution in [2.24, 2.45) is 0 Å². The summed E-state index contributed by atoms with van der Waals surface area (Å²) in [7, 11) is 1.72. The summed E-state index contributed by atoms with van der Waals surface area (Å²) in [5, 5.41) is 0. The first kappa shape index (κ1) is 15.4. The molecule has 0 radical (unpaired) electrons. The molecule has 124 valence electrons. The molecule has 2 unspecified atom stereocenters. The number of morpholine rings is 1. The lowest BCUT2D eigenvalue weighted by atomic mass is 9.89. The summed E-state index contributed by atoms with van der Waals surface area (Å²) >= 11 is 0. The second kappa shape index (κ2) is 6.80. The second-order valence-corrected chi connectivity index (χ2v) is 6.54. The minimum Gasteiger partial charge on any atom is -0.497 e. The van der Waals surface area contributed by atoms with Crippen LogP contribution in [0.1, 0.15) is 17.5 Å². The summed E-state index contributed by atoms with van der Waals surface area (Å²) in [4.78, 5) is 2.59. The topological polar surface area (TPSA) is 21.7 Å². The number of fused-ring (bicyclic) bond motifs is 2. The van der Waals surface area contributed by atoms with E-state index in [2.05, 4.69) is 59.5 Å². The van der Waals surface area contributed by atoms with Crippen molar-refractivity contribution < 1.29 is 9.47 Å². The van der Waals surface area contributed by atoms with Crippen molar-refractivity contribution in [1.82, 2.24) is 4.90 Å². The van der Waals surface area contributed by atoms with E-state index in [4.69, 9.17) is 9.47 Å². The predicted octanol–water partition coefficient (Wildman–Crippen LogP) is 3.75. The van der Waals surface area contributed by atoms with E-state index < -0.39 is 0 Å². The second-order valence-electron chi connectivity index (χ2n) is 6.54. The fourth-order valence-corrected chi connectivity index (χ4v) is 3.74. The summed E-state index contributed by atoms with van der Waals surface area (Å²) in [5.41, 5.74) is 4.05. The highest BCUT2D eigenvalue weighted by atomic mass is 16.5. The summed E-state index contributed by atoms with van der Waals surface area (Å²) in [6.45, 7) is 2.57. The molecule has 0 aromatic heterocycles. The molecule has 2 aliphatic rings. The molecular weight excluding hydrogens is 298 g/mol. The Labute approximate surface area is 143 Å². The fraction of sp³-hybridized carbons (Fsp3) is 0.333. The van der Waals surface area contributed by atoms with Crippen LogP contribution in [0.2, 0.25) is 0 Å². The van der Waals surface area contributed by atoms with Crippen LogP contribution in [0.3, 0.4) is 0 Å². The van der Waals surface area contributed by atoms with Crippen LogP contribution in [0.15, 0.2) is 60.7 Å². The van der Waals surface area contributed by atoms with Gasteiger partial charge in [0.05, 0.1) is 26.4 Å². The van der Waals surface area contributed by atoms with Crippen LogP contribution < -0.4 is 4.74 Å². The lowest BCUT2D eigenvalue weighted by molar-refractivity contribution is -0.0402. The van der Waals surface area contributed by atoms with Gasteiger partial charge in [0.1, 0.15) is 5.75 Å². The van der Waals surface area contributed by atoms with Crippen molar-refractivity contribution >= 4 is 5.57 Å². The molecule has 3 heteroatoms. The van der Waals surface area contributed by atoms with E-state index in [9.17, 15) is 0 Å². The van der Waals surface area contributed by atoms with Gasteiger partial charge in [-0.2, -0.15) is 0 Å². The minimum absolute atomic E-state index is 0.346. The average Bonchev–Trinajstić information content (AvgIpc) is 2.62. The van der Waals surface area contributed by atoms with Gasteiger partial charge < -0.3 is 9.47 Å². The maximum atomic E-state index is 5.82. The van der Waals surface area contributed by atoms with Gasteiger partial charge in [-0.3, -0.25) is 4.90 Å². The number of benzene rings is 2. The number of methoxy groups -OCH3 is 1. The van der Waals surface area contributed by atoms with Crippen molar-refractivity contribution in [2.75, 3.05) is 20.3 Å². The first-order valence-corrected chi connectivity index (χ1v) is 8.56. The summed E-state index contributed by atoms with van der Waals surface area (Å²) < 4.78 is 11.2. The SMILES string of the molecule is COc1cccc(C2=CC3COCC(C2)N3Cc2ccccc2)c1. The molecule has 2 bridgehead atoms. The van der Waals surface area contributed by atoms with Crippen LogP contribution in [-0.2, 0) is 11.3 Å². The first-order chi connectivity index (χ1) is 11.8. The molecule has 2 atom stereocenters. The van der Waals surface area contributed by atoms with Gasteiger partial charge in [-0.25, -0.2) is 0 Å². The van der Waals surface area contributed by atoms with Gasteiger partial charge in [0, 0.05) is 12.6 Å². The summed E-state index contributed by atoms with van der Waals surface area (Å²) in [6.07, 6.45) is 3.41. The molecule has 1 saturated heterocycles. The average molecular weight is 321 g/mol. The Balaban J connectivity index is 1.59. The Bertz CT molecular complexity index is 726. The van der Waals surface area contributed by atoms with E-state index in [0.717, 1.165) is 31.9 Å². The molecule has 24 heavy (non-hydrogen) atoms. The van der Waals surface area contributed by atoms with Crippen LogP contribution in [0.25, 0.3) is 5.57 Å². The molecule has 2 heterocycles. The Morgan fingerprint density at radius 2 is 1.96 bits per heavy atom. The number of rotatable bonds is 4. The molecule has 0 aliphatic carbocycles. The van der Waals surface area contributed by atoms with Crippen LogP contribution in [0.4, 0.5) is 0 Å². The van der Waals surface area contributed by atoms with E-state index in [1.54, 1.807) is 7.11 Å². The Morgan fingerprint density at radius 3 is 2.75 bits per heavy atom. The van der Waals surface area contributed by atoms with E-state index in [0.29, 0.717) is 12.1 Å². The third-order valence-electron chi connectivity index (χ3n) is 4.99. The van der Waals surface area contributed by atoms with Gasteiger partial charge in [-0.05, 0) is 35.3 Å². The summed E-state index contributed by atoms with van der Waals surface area (Å²) in [6, 6.07) is 19.9. The van der Waals surface area contributed by atoms with Gasteiger partial charge in [-0.1, -0.05) is 48.5 Å². The fourth-order valence-electron chi connectivity index (χ4n) is 3.74. The molecule has 4 rings (SSSR count). The Kier molecular flexibility index (Phi) is 4.37. The molecule has 0 amide bonds. The summed E-state index contributed by atoms with van der Waals surface area (Å²) in [5.74, 6) is 0.918. The number of nitrogens with zero attached hydrogens (tertiary/aromatic N) is 1. The largest absolute Gasteiger partial charge is 0.497 e. The molecular formula is C21H23NO2. The van der Waals surface area contributed by atoms with Gasteiger partial charge in [0.15, 0.2) is 0 Å².